The number of nitriles is 1. The molecule has 0 spiro atoms. The smallest absolute Gasteiger partial charge is 0.123 e. The summed E-state index contributed by atoms with van der Waals surface area (Å²) in [5.41, 5.74) is 3.36. The van der Waals surface area contributed by atoms with Gasteiger partial charge in [-0.3, -0.25) is 0 Å². The quantitative estimate of drug-likeness (QED) is 0.800. The zero-order valence-electron chi connectivity index (χ0n) is 11.2. The van der Waals surface area contributed by atoms with Gasteiger partial charge in [0, 0.05) is 12.1 Å². The van der Waals surface area contributed by atoms with Crippen LogP contribution in [0.1, 0.15) is 22.6 Å². The number of benzene rings is 1. The monoisotopic (exact) mass is 232 g/mol. The van der Waals surface area contributed by atoms with E-state index in [4.69, 9.17) is 4.74 Å². The van der Waals surface area contributed by atoms with Gasteiger partial charge in [0.1, 0.15) is 5.75 Å². The second-order valence-corrected chi connectivity index (χ2v) is 4.62. The first kappa shape index (κ1) is 13.5. The molecule has 0 bridgehead atoms. The lowest BCUT2D eigenvalue weighted by atomic mass is 9.95. The second kappa shape index (κ2) is 5.70. The number of rotatable bonds is 4. The van der Waals surface area contributed by atoms with Crippen LogP contribution in [-0.4, -0.2) is 32.6 Å². The van der Waals surface area contributed by atoms with E-state index in [1.54, 1.807) is 7.11 Å². The molecule has 0 aliphatic carbocycles. The van der Waals surface area contributed by atoms with Crippen LogP contribution in [0.2, 0.25) is 0 Å². The van der Waals surface area contributed by atoms with Crippen LogP contribution in [0, 0.1) is 25.2 Å². The molecule has 3 nitrogen and oxygen atoms in total. The Bertz CT molecular complexity index is 433. The lowest BCUT2D eigenvalue weighted by Crippen LogP contribution is -2.20. The van der Waals surface area contributed by atoms with Crippen molar-refractivity contribution < 1.29 is 4.74 Å². The van der Waals surface area contributed by atoms with E-state index in [1.165, 1.54) is 11.1 Å². The van der Waals surface area contributed by atoms with Crippen LogP contribution in [0.5, 0.6) is 5.75 Å². The molecule has 1 atom stereocenters. The van der Waals surface area contributed by atoms with Crippen molar-refractivity contribution in [1.82, 2.24) is 4.90 Å². The van der Waals surface area contributed by atoms with Gasteiger partial charge in [0.25, 0.3) is 0 Å². The highest BCUT2D eigenvalue weighted by molar-refractivity contribution is 5.45. The summed E-state index contributed by atoms with van der Waals surface area (Å²) in [5, 5.41) is 9.28. The SMILES string of the molecule is COc1cc(C)c(C)cc1C(C#N)CN(C)C. The summed E-state index contributed by atoms with van der Waals surface area (Å²) in [6, 6.07) is 6.42. The first-order chi connectivity index (χ1) is 7.99. The number of nitrogens with zero attached hydrogens (tertiary/aromatic N) is 2. The maximum Gasteiger partial charge on any atom is 0.123 e. The van der Waals surface area contributed by atoms with Gasteiger partial charge < -0.3 is 9.64 Å². The third-order valence-corrected chi connectivity index (χ3v) is 2.93. The van der Waals surface area contributed by atoms with Crippen molar-refractivity contribution in [3.8, 4) is 11.8 Å². The summed E-state index contributed by atoms with van der Waals surface area (Å²) in [5.74, 6) is 0.653. The van der Waals surface area contributed by atoms with Crippen LogP contribution in [0.3, 0.4) is 0 Å². The predicted molar refractivity (Wildman–Crippen MR) is 69.4 cm³/mol. The van der Waals surface area contributed by atoms with E-state index in [2.05, 4.69) is 26.0 Å². The molecule has 92 valence electrons. The van der Waals surface area contributed by atoms with Gasteiger partial charge in [-0.2, -0.15) is 5.26 Å². The Morgan fingerprint density at radius 2 is 1.88 bits per heavy atom. The minimum absolute atomic E-state index is 0.153. The van der Waals surface area contributed by atoms with Crippen LogP contribution >= 0.6 is 0 Å². The highest BCUT2D eigenvalue weighted by Gasteiger charge is 2.17. The molecule has 1 unspecified atom stereocenters. The zero-order valence-corrected chi connectivity index (χ0v) is 11.2. The topological polar surface area (TPSA) is 36.3 Å². The van der Waals surface area contributed by atoms with Gasteiger partial charge in [0.2, 0.25) is 0 Å². The Balaban J connectivity index is 3.18. The van der Waals surface area contributed by atoms with Gasteiger partial charge in [-0.15, -0.1) is 0 Å². The summed E-state index contributed by atoms with van der Waals surface area (Å²) in [6.07, 6.45) is 0. The van der Waals surface area contributed by atoms with E-state index in [1.807, 2.05) is 25.1 Å². The van der Waals surface area contributed by atoms with E-state index in [0.29, 0.717) is 6.54 Å². The molecule has 0 heterocycles. The van der Waals surface area contributed by atoms with E-state index in [-0.39, 0.29) is 5.92 Å². The maximum atomic E-state index is 9.28. The first-order valence-electron chi connectivity index (χ1n) is 5.69. The Kier molecular flexibility index (Phi) is 4.53. The lowest BCUT2D eigenvalue weighted by molar-refractivity contribution is 0.380. The summed E-state index contributed by atoms with van der Waals surface area (Å²) < 4.78 is 5.38. The molecule has 0 amide bonds. The van der Waals surface area contributed by atoms with E-state index in [9.17, 15) is 5.26 Å². The Labute approximate surface area is 104 Å². The Morgan fingerprint density at radius 1 is 1.29 bits per heavy atom. The van der Waals surface area contributed by atoms with Gasteiger partial charge in [-0.1, -0.05) is 6.07 Å². The van der Waals surface area contributed by atoms with Crippen molar-refractivity contribution in [2.24, 2.45) is 0 Å². The second-order valence-electron chi connectivity index (χ2n) is 4.62. The van der Waals surface area contributed by atoms with Gasteiger partial charge in [-0.05, 0) is 45.1 Å². The van der Waals surface area contributed by atoms with Crippen molar-refractivity contribution in [3.63, 3.8) is 0 Å². The molecule has 1 rings (SSSR count). The van der Waals surface area contributed by atoms with E-state index in [0.717, 1.165) is 11.3 Å². The van der Waals surface area contributed by atoms with Crippen LogP contribution in [0.4, 0.5) is 0 Å². The molecule has 17 heavy (non-hydrogen) atoms. The molecule has 0 fully saturated rings. The summed E-state index contributed by atoms with van der Waals surface area (Å²) in [7, 11) is 5.59. The van der Waals surface area contributed by atoms with Gasteiger partial charge in [0.15, 0.2) is 0 Å². The van der Waals surface area contributed by atoms with Gasteiger partial charge >= 0.3 is 0 Å². The largest absolute Gasteiger partial charge is 0.496 e. The standard InChI is InChI=1S/C14H20N2O/c1-10-6-13(12(8-15)9-16(3)4)14(17-5)7-11(10)2/h6-7,12H,9H2,1-5H3. The van der Waals surface area contributed by atoms with E-state index >= 15 is 0 Å². The maximum absolute atomic E-state index is 9.28. The molecule has 0 aromatic heterocycles. The van der Waals surface area contributed by atoms with Crippen molar-refractivity contribution in [2.75, 3.05) is 27.7 Å². The molecule has 1 aromatic rings. The van der Waals surface area contributed by atoms with Gasteiger partial charge in [0.05, 0.1) is 19.1 Å². The zero-order chi connectivity index (χ0) is 13.0. The highest BCUT2D eigenvalue weighted by atomic mass is 16.5. The number of hydrogen-bond acceptors (Lipinski definition) is 3. The van der Waals surface area contributed by atoms with Crippen molar-refractivity contribution >= 4 is 0 Å². The Morgan fingerprint density at radius 3 is 2.35 bits per heavy atom. The van der Waals surface area contributed by atoms with Crippen LogP contribution in [-0.2, 0) is 0 Å². The minimum Gasteiger partial charge on any atom is -0.496 e. The molecule has 0 saturated heterocycles. The fraction of sp³-hybridized carbons (Fsp3) is 0.500. The molecule has 0 aliphatic rings. The van der Waals surface area contributed by atoms with Crippen molar-refractivity contribution in [1.29, 1.82) is 5.26 Å². The van der Waals surface area contributed by atoms with E-state index < -0.39 is 0 Å². The molecular weight excluding hydrogens is 212 g/mol. The number of ether oxygens (including phenoxy) is 1. The number of methoxy groups -OCH3 is 1. The summed E-state index contributed by atoms with van der Waals surface area (Å²) in [4.78, 5) is 2.02. The van der Waals surface area contributed by atoms with Gasteiger partial charge in [-0.25, -0.2) is 0 Å². The number of aryl methyl sites for hydroxylation is 2. The van der Waals surface area contributed by atoms with Crippen LogP contribution < -0.4 is 4.74 Å². The predicted octanol–water partition coefficient (Wildman–Crippen LogP) is 2.48. The number of likely N-dealkylation sites (N-methyl/N-ethyl adjacent to an activating group) is 1. The van der Waals surface area contributed by atoms with Crippen LogP contribution in [0.15, 0.2) is 12.1 Å². The molecule has 0 saturated carbocycles. The Hall–Kier alpha value is -1.53. The average molecular weight is 232 g/mol. The molecule has 1 aromatic carbocycles. The third kappa shape index (κ3) is 3.21. The average Bonchev–Trinajstić information content (AvgIpc) is 2.28. The summed E-state index contributed by atoms with van der Waals surface area (Å²) in [6.45, 7) is 4.81. The molecule has 0 N–H and O–H groups in total. The molecule has 0 aliphatic heterocycles. The molecular formula is C14H20N2O. The minimum atomic E-state index is -0.153. The van der Waals surface area contributed by atoms with Crippen molar-refractivity contribution in [3.05, 3.63) is 28.8 Å². The van der Waals surface area contributed by atoms with Crippen molar-refractivity contribution in [2.45, 2.75) is 19.8 Å². The lowest BCUT2D eigenvalue weighted by Gasteiger charge is -2.19. The molecule has 0 radical (unpaired) electrons. The van der Waals surface area contributed by atoms with Crippen LogP contribution in [0.25, 0.3) is 0 Å². The highest BCUT2D eigenvalue weighted by Crippen LogP contribution is 2.29. The fourth-order valence-corrected chi connectivity index (χ4v) is 1.83. The normalized spacial score (nSPS) is 12.3. The molecule has 3 heteroatoms. The first-order valence-corrected chi connectivity index (χ1v) is 5.69. The third-order valence-electron chi connectivity index (χ3n) is 2.93. The summed E-state index contributed by atoms with van der Waals surface area (Å²) >= 11 is 0. The fourth-order valence-electron chi connectivity index (χ4n) is 1.83. The number of hydrogen-bond donors (Lipinski definition) is 0.